The molecule has 1 rings (SSSR count). The minimum absolute atomic E-state index is 0.101. The summed E-state index contributed by atoms with van der Waals surface area (Å²) < 4.78 is 15.8. The molecule has 1 amide bonds. The normalized spacial score (nSPS) is 25.0. The molecule has 0 saturated heterocycles. The van der Waals surface area contributed by atoms with Crippen molar-refractivity contribution in [1.29, 1.82) is 0 Å². The first-order valence-corrected chi connectivity index (χ1v) is 7.00. The Hall–Kier alpha value is -1.60. The number of aliphatic hydroxyl groups is 1. The van der Waals surface area contributed by atoms with Gasteiger partial charge in [0, 0.05) is 6.92 Å². The number of methoxy groups -OCH3 is 1. The predicted octanol–water partition coefficient (Wildman–Crippen LogP) is 0.470. The Morgan fingerprint density at radius 2 is 2.05 bits per heavy atom. The van der Waals surface area contributed by atoms with Crippen LogP contribution in [0.15, 0.2) is 11.8 Å². The number of hydrogen-bond donors (Lipinski definition) is 2. The first kappa shape index (κ1) is 17.5. The number of carbonyl (C=O) groups is 2. The molecule has 1 heterocycles. The minimum atomic E-state index is -1.10. The van der Waals surface area contributed by atoms with Gasteiger partial charge in [-0.2, -0.15) is 0 Å². The highest BCUT2D eigenvalue weighted by molar-refractivity contribution is 5.86. The maximum atomic E-state index is 11.5. The van der Waals surface area contributed by atoms with E-state index in [0.717, 1.165) is 12.8 Å². The third kappa shape index (κ3) is 4.71. The van der Waals surface area contributed by atoms with Gasteiger partial charge in [0.15, 0.2) is 0 Å². The van der Waals surface area contributed by atoms with Gasteiger partial charge in [0.25, 0.3) is 0 Å². The van der Waals surface area contributed by atoms with Crippen molar-refractivity contribution in [3.05, 3.63) is 11.8 Å². The van der Waals surface area contributed by atoms with E-state index in [4.69, 9.17) is 9.47 Å². The molecule has 120 valence electrons. The molecule has 0 bridgehead atoms. The van der Waals surface area contributed by atoms with Crippen LogP contribution in [-0.4, -0.2) is 48.6 Å². The molecule has 1 aliphatic rings. The number of hydrogen-bond acceptors (Lipinski definition) is 6. The lowest BCUT2D eigenvalue weighted by atomic mass is 10.1. The van der Waals surface area contributed by atoms with Crippen LogP contribution in [0.2, 0.25) is 0 Å². The van der Waals surface area contributed by atoms with E-state index < -0.39 is 24.4 Å². The highest BCUT2D eigenvalue weighted by Gasteiger charge is 2.38. The molecule has 7 nitrogen and oxygen atoms in total. The zero-order chi connectivity index (χ0) is 16.0. The van der Waals surface area contributed by atoms with E-state index in [1.165, 1.54) is 20.1 Å². The van der Waals surface area contributed by atoms with E-state index in [1.54, 1.807) is 0 Å². The van der Waals surface area contributed by atoms with Crippen LogP contribution in [0.4, 0.5) is 0 Å². The van der Waals surface area contributed by atoms with Crippen LogP contribution in [0.5, 0.6) is 0 Å². The summed E-state index contributed by atoms with van der Waals surface area (Å²) in [5, 5.41) is 12.7. The summed E-state index contributed by atoms with van der Waals surface area (Å²) in [6, 6.07) is -0.781. The van der Waals surface area contributed by atoms with Gasteiger partial charge >= 0.3 is 5.97 Å². The Kier molecular flexibility index (Phi) is 6.64. The fourth-order valence-corrected chi connectivity index (χ4v) is 2.05. The number of carbonyl (C=O) groups excluding carboxylic acids is 2. The lowest BCUT2D eigenvalue weighted by Gasteiger charge is -2.36. The first-order valence-electron chi connectivity index (χ1n) is 7.00. The van der Waals surface area contributed by atoms with Crippen LogP contribution < -0.4 is 5.32 Å². The van der Waals surface area contributed by atoms with E-state index in [0.29, 0.717) is 0 Å². The lowest BCUT2D eigenvalue weighted by molar-refractivity contribution is -0.194. The summed E-state index contributed by atoms with van der Waals surface area (Å²) in [6.45, 7) is 5.25. The second-order valence-corrected chi connectivity index (χ2v) is 4.80. The standard InChI is InChI=1S/C14H23NO6/c1-5-9(6-2)20-14-12(15-8(3)16)10(17)7-11(21-14)13(18)19-4/h7,9-10,12,14,17H,5-6H2,1-4H3,(H,15,16)/t10-,12+,14+/m0/s1. The van der Waals surface area contributed by atoms with Crippen molar-refractivity contribution in [2.75, 3.05) is 7.11 Å². The van der Waals surface area contributed by atoms with Crippen LogP contribution in [0, 0.1) is 0 Å². The van der Waals surface area contributed by atoms with Gasteiger partial charge in [-0.25, -0.2) is 4.79 Å². The molecule has 7 heteroatoms. The molecule has 0 saturated carbocycles. The van der Waals surface area contributed by atoms with Crippen LogP contribution in [0.3, 0.4) is 0 Å². The van der Waals surface area contributed by atoms with Crippen molar-refractivity contribution in [3.63, 3.8) is 0 Å². The molecular weight excluding hydrogens is 278 g/mol. The molecule has 0 fully saturated rings. The largest absolute Gasteiger partial charge is 0.463 e. The van der Waals surface area contributed by atoms with Crippen molar-refractivity contribution in [2.45, 2.75) is 58.2 Å². The Balaban J connectivity index is 2.94. The van der Waals surface area contributed by atoms with E-state index in [1.807, 2.05) is 13.8 Å². The molecule has 3 atom stereocenters. The van der Waals surface area contributed by atoms with Crippen LogP contribution in [-0.2, 0) is 23.8 Å². The lowest BCUT2D eigenvalue weighted by Crippen LogP contribution is -2.55. The summed E-state index contributed by atoms with van der Waals surface area (Å²) >= 11 is 0. The second kappa shape index (κ2) is 7.99. The second-order valence-electron chi connectivity index (χ2n) is 4.80. The zero-order valence-electron chi connectivity index (χ0n) is 12.8. The fourth-order valence-electron chi connectivity index (χ4n) is 2.05. The van der Waals surface area contributed by atoms with E-state index in [9.17, 15) is 14.7 Å². The predicted molar refractivity (Wildman–Crippen MR) is 74.0 cm³/mol. The Labute approximate surface area is 124 Å². The average molecular weight is 301 g/mol. The van der Waals surface area contributed by atoms with Crippen molar-refractivity contribution >= 4 is 11.9 Å². The fraction of sp³-hybridized carbons (Fsp3) is 0.714. The van der Waals surface area contributed by atoms with Crippen molar-refractivity contribution in [2.24, 2.45) is 0 Å². The minimum Gasteiger partial charge on any atom is -0.463 e. The van der Waals surface area contributed by atoms with Gasteiger partial charge in [0.1, 0.15) is 12.1 Å². The number of aliphatic hydroxyl groups excluding tert-OH is 1. The summed E-state index contributed by atoms with van der Waals surface area (Å²) in [7, 11) is 1.22. The van der Waals surface area contributed by atoms with Gasteiger partial charge in [-0.15, -0.1) is 0 Å². The molecule has 21 heavy (non-hydrogen) atoms. The van der Waals surface area contributed by atoms with E-state index >= 15 is 0 Å². The SMILES string of the molecule is CCC(CC)O[C@@H]1OC(C(=O)OC)=C[C@H](O)[C@H]1NC(C)=O. The topological polar surface area (TPSA) is 94.1 Å². The number of ether oxygens (including phenoxy) is 3. The smallest absolute Gasteiger partial charge is 0.373 e. The summed E-state index contributed by atoms with van der Waals surface area (Å²) in [5.74, 6) is -1.15. The first-order chi connectivity index (χ1) is 9.92. The highest BCUT2D eigenvalue weighted by atomic mass is 16.7. The van der Waals surface area contributed by atoms with Gasteiger partial charge in [-0.1, -0.05) is 13.8 Å². The van der Waals surface area contributed by atoms with Crippen LogP contribution >= 0.6 is 0 Å². The van der Waals surface area contributed by atoms with Gasteiger partial charge in [-0.05, 0) is 18.9 Å². The Morgan fingerprint density at radius 3 is 2.52 bits per heavy atom. The quantitative estimate of drug-likeness (QED) is 0.693. The molecule has 0 aromatic rings. The number of amides is 1. The Bertz CT molecular complexity index is 404. The number of esters is 1. The summed E-state index contributed by atoms with van der Waals surface area (Å²) in [5.41, 5.74) is 0. The number of nitrogens with one attached hydrogen (secondary N) is 1. The van der Waals surface area contributed by atoms with Crippen molar-refractivity contribution in [1.82, 2.24) is 5.32 Å². The van der Waals surface area contributed by atoms with Crippen LogP contribution in [0.1, 0.15) is 33.6 Å². The summed E-state index contributed by atoms with van der Waals surface area (Å²) in [4.78, 5) is 22.8. The molecule has 0 unspecified atom stereocenters. The van der Waals surface area contributed by atoms with Gasteiger partial charge < -0.3 is 24.6 Å². The van der Waals surface area contributed by atoms with Crippen molar-refractivity contribution < 1.29 is 28.9 Å². The summed E-state index contributed by atoms with van der Waals surface area (Å²) in [6.07, 6.45) is 0.547. The molecule has 0 aromatic heterocycles. The maximum Gasteiger partial charge on any atom is 0.373 e. The molecule has 0 radical (unpaired) electrons. The molecule has 0 aromatic carbocycles. The van der Waals surface area contributed by atoms with Gasteiger partial charge in [0.2, 0.25) is 18.0 Å². The molecule has 0 aliphatic carbocycles. The van der Waals surface area contributed by atoms with Crippen molar-refractivity contribution in [3.8, 4) is 0 Å². The Morgan fingerprint density at radius 1 is 1.43 bits per heavy atom. The van der Waals surface area contributed by atoms with Gasteiger partial charge in [-0.3, -0.25) is 4.79 Å². The van der Waals surface area contributed by atoms with E-state index in [2.05, 4.69) is 10.1 Å². The third-order valence-corrected chi connectivity index (χ3v) is 3.22. The molecular formula is C14H23NO6. The highest BCUT2D eigenvalue weighted by Crippen LogP contribution is 2.22. The number of rotatable bonds is 6. The maximum absolute atomic E-state index is 11.5. The molecule has 0 spiro atoms. The third-order valence-electron chi connectivity index (χ3n) is 3.22. The average Bonchev–Trinajstić information content (AvgIpc) is 2.46. The molecule has 1 aliphatic heterocycles. The van der Waals surface area contributed by atoms with E-state index in [-0.39, 0.29) is 17.8 Å². The van der Waals surface area contributed by atoms with Crippen LogP contribution in [0.25, 0.3) is 0 Å². The monoisotopic (exact) mass is 301 g/mol. The zero-order valence-corrected chi connectivity index (χ0v) is 12.8. The van der Waals surface area contributed by atoms with Gasteiger partial charge in [0.05, 0.1) is 13.2 Å². The molecule has 2 N–H and O–H groups in total.